The Morgan fingerprint density at radius 3 is 2.76 bits per heavy atom. The summed E-state index contributed by atoms with van der Waals surface area (Å²) in [5.41, 5.74) is 0.206. The Hall–Kier alpha value is -2.23. The minimum atomic E-state index is -3.58. The number of sulfonamides is 1. The number of aryl methyl sites for hydroxylation is 1. The lowest BCUT2D eigenvalue weighted by atomic mass is 10.3. The van der Waals surface area contributed by atoms with Crippen molar-refractivity contribution in [1.82, 2.24) is 14.5 Å². The van der Waals surface area contributed by atoms with Gasteiger partial charge in [-0.15, -0.1) is 11.3 Å². The molecule has 9 heteroatoms. The third-order valence-electron chi connectivity index (χ3n) is 3.51. The summed E-state index contributed by atoms with van der Waals surface area (Å²) in [4.78, 5) is 12.9. The van der Waals surface area contributed by atoms with Crippen molar-refractivity contribution in [3.8, 4) is 11.5 Å². The van der Waals surface area contributed by atoms with E-state index >= 15 is 0 Å². The summed E-state index contributed by atoms with van der Waals surface area (Å²) in [7, 11) is -3.58. The molecule has 0 atom stereocenters. The molecule has 7 nitrogen and oxygen atoms in total. The molecule has 0 saturated carbocycles. The highest BCUT2D eigenvalue weighted by Crippen LogP contribution is 2.21. The van der Waals surface area contributed by atoms with Crippen molar-refractivity contribution in [3.63, 3.8) is 0 Å². The predicted octanol–water partition coefficient (Wildman–Crippen LogP) is 2.11. The molecule has 0 radical (unpaired) electrons. The highest BCUT2D eigenvalue weighted by Gasteiger charge is 2.16. The summed E-state index contributed by atoms with van der Waals surface area (Å²) in [6.07, 6.45) is 2.31. The molecule has 25 heavy (non-hydrogen) atoms. The van der Waals surface area contributed by atoms with Crippen LogP contribution in [0.4, 0.5) is 0 Å². The lowest BCUT2D eigenvalue weighted by Crippen LogP contribution is -2.31. The quantitative estimate of drug-likeness (QED) is 0.678. The molecule has 132 valence electrons. The van der Waals surface area contributed by atoms with Crippen LogP contribution in [0.15, 0.2) is 56.1 Å². The summed E-state index contributed by atoms with van der Waals surface area (Å²) in [6, 6.07) is 9.81. The molecule has 0 aliphatic carbocycles. The maximum atomic E-state index is 12.3. The molecule has 3 rings (SSSR count). The Bertz CT molecular complexity index is 1000. The first kappa shape index (κ1) is 17.6. The fourth-order valence-electron chi connectivity index (χ4n) is 2.21. The molecule has 0 unspecified atom stereocenters. The van der Waals surface area contributed by atoms with Gasteiger partial charge in [0.2, 0.25) is 10.0 Å². The van der Waals surface area contributed by atoms with Gasteiger partial charge in [0.15, 0.2) is 5.76 Å². The molecule has 0 aliphatic rings. The van der Waals surface area contributed by atoms with Crippen molar-refractivity contribution in [3.05, 3.63) is 57.9 Å². The van der Waals surface area contributed by atoms with Crippen LogP contribution < -0.4 is 10.3 Å². The zero-order valence-electron chi connectivity index (χ0n) is 13.5. The van der Waals surface area contributed by atoms with Gasteiger partial charge >= 0.3 is 0 Å². The van der Waals surface area contributed by atoms with Crippen LogP contribution in [0.2, 0.25) is 0 Å². The van der Waals surface area contributed by atoms with Crippen LogP contribution in [0.5, 0.6) is 0 Å². The zero-order chi connectivity index (χ0) is 17.9. The van der Waals surface area contributed by atoms with E-state index in [2.05, 4.69) is 9.82 Å². The number of nitrogens with one attached hydrogen (secondary N) is 1. The monoisotopic (exact) mass is 379 g/mol. The summed E-state index contributed by atoms with van der Waals surface area (Å²) < 4.78 is 33.8. The van der Waals surface area contributed by atoms with Crippen molar-refractivity contribution in [1.29, 1.82) is 0 Å². The van der Waals surface area contributed by atoms with Crippen molar-refractivity contribution in [2.75, 3.05) is 6.54 Å². The molecule has 1 N–H and O–H groups in total. The predicted molar refractivity (Wildman–Crippen MR) is 95.1 cm³/mol. The lowest BCUT2D eigenvalue weighted by Gasteiger charge is -2.07. The van der Waals surface area contributed by atoms with Gasteiger partial charge in [0, 0.05) is 17.5 Å². The Kier molecular flexibility index (Phi) is 5.16. The summed E-state index contributed by atoms with van der Waals surface area (Å²) >= 11 is 1.24. The molecule has 0 spiro atoms. The van der Waals surface area contributed by atoms with E-state index in [1.165, 1.54) is 28.3 Å². The van der Waals surface area contributed by atoms with Crippen LogP contribution in [-0.2, 0) is 23.0 Å². The zero-order valence-corrected chi connectivity index (χ0v) is 15.1. The third kappa shape index (κ3) is 4.06. The molecular weight excluding hydrogens is 362 g/mol. The number of thiophene rings is 1. The van der Waals surface area contributed by atoms with E-state index in [1.54, 1.807) is 30.3 Å². The molecule has 0 bridgehead atoms. The third-order valence-corrected chi connectivity index (χ3v) is 6.69. The van der Waals surface area contributed by atoms with Crippen LogP contribution in [-0.4, -0.2) is 24.7 Å². The maximum Gasteiger partial charge on any atom is 0.266 e. The smallest absolute Gasteiger partial charge is 0.266 e. The topological polar surface area (TPSA) is 94.2 Å². The van der Waals surface area contributed by atoms with Gasteiger partial charge in [-0.2, -0.15) is 5.10 Å². The molecule has 0 amide bonds. The van der Waals surface area contributed by atoms with E-state index in [0.717, 1.165) is 11.3 Å². The van der Waals surface area contributed by atoms with Crippen molar-refractivity contribution < 1.29 is 12.8 Å². The number of aromatic nitrogens is 2. The fraction of sp³-hybridized carbons (Fsp3) is 0.250. The standard InChI is InChI=1S/C16H17N3O4S2/c1-2-12-5-8-16(24-12)25(21,22)17-9-10-19-15(20)7-6-13(18-19)14-4-3-11-23-14/h3-8,11,17H,2,9-10H2,1H3. The molecule has 0 fully saturated rings. The van der Waals surface area contributed by atoms with Crippen molar-refractivity contribution >= 4 is 21.4 Å². The van der Waals surface area contributed by atoms with Gasteiger partial charge in [0.1, 0.15) is 9.90 Å². The van der Waals surface area contributed by atoms with Crippen molar-refractivity contribution in [2.24, 2.45) is 0 Å². The first-order chi connectivity index (χ1) is 12.0. The van der Waals surface area contributed by atoms with Gasteiger partial charge in [-0.25, -0.2) is 17.8 Å². The molecule has 3 aromatic heterocycles. The van der Waals surface area contributed by atoms with Gasteiger partial charge in [-0.3, -0.25) is 4.79 Å². The molecule has 0 saturated heterocycles. The van der Waals surface area contributed by atoms with Crippen molar-refractivity contribution in [2.45, 2.75) is 24.1 Å². The Morgan fingerprint density at radius 1 is 1.24 bits per heavy atom. The van der Waals surface area contributed by atoms with E-state index in [9.17, 15) is 13.2 Å². The maximum absolute atomic E-state index is 12.3. The SMILES string of the molecule is CCc1ccc(S(=O)(=O)NCCn2nc(-c3ccco3)ccc2=O)s1. The lowest BCUT2D eigenvalue weighted by molar-refractivity contribution is 0.540. The highest BCUT2D eigenvalue weighted by atomic mass is 32.2. The second kappa shape index (κ2) is 7.34. The molecule has 0 aliphatic heterocycles. The number of hydrogen-bond acceptors (Lipinski definition) is 6. The van der Waals surface area contributed by atoms with Gasteiger partial charge in [0.25, 0.3) is 5.56 Å². The van der Waals surface area contributed by atoms with Crippen LogP contribution in [0.3, 0.4) is 0 Å². The second-order valence-corrected chi connectivity index (χ2v) is 8.39. The molecule has 3 aromatic rings. The van der Waals surface area contributed by atoms with Crippen LogP contribution >= 0.6 is 11.3 Å². The summed E-state index contributed by atoms with van der Waals surface area (Å²) in [5, 5.41) is 4.20. The number of furan rings is 1. The van der Waals surface area contributed by atoms with E-state index in [0.29, 0.717) is 11.5 Å². The molecule has 3 heterocycles. The minimum Gasteiger partial charge on any atom is -0.463 e. The van der Waals surface area contributed by atoms with E-state index in [4.69, 9.17) is 4.42 Å². The highest BCUT2D eigenvalue weighted by molar-refractivity contribution is 7.91. The largest absolute Gasteiger partial charge is 0.463 e. The number of nitrogens with zero attached hydrogens (tertiary/aromatic N) is 2. The fourth-order valence-corrected chi connectivity index (χ4v) is 4.58. The van der Waals surface area contributed by atoms with Gasteiger partial charge < -0.3 is 4.42 Å². The van der Waals surface area contributed by atoms with Crippen LogP contribution in [0.1, 0.15) is 11.8 Å². The van der Waals surface area contributed by atoms with Gasteiger partial charge in [-0.1, -0.05) is 6.92 Å². The summed E-state index contributed by atoms with van der Waals surface area (Å²) in [6.45, 7) is 2.16. The first-order valence-corrected chi connectivity index (χ1v) is 10.00. The van der Waals surface area contributed by atoms with Crippen LogP contribution in [0.25, 0.3) is 11.5 Å². The Labute approximate surface area is 149 Å². The summed E-state index contributed by atoms with van der Waals surface area (Å²) in [5.74, 6) is 0.542. The average Bonchev–Trinajstić information content (AvgIpc) is 3.28. The number of hydrogen-bond donors (Lipinski definition) is 1. The van der Waals surface area contributed by atoms with Crippen LogP contribution in [0, 0.1) is 0 Å². The number of rotatable bonds is 7. The van der Waals surface area contributed by atoms with E-state index < -0.39 is 10.0 Å². The van der Waals surface area contributed by atoms with Gasteiger partial charge in [-0.05, 0) is 36.8 Å². The van der Waals surface area contributed by atoms with E-state index in [1.807, 2.05) is 6.92 Å². The minimum absolute atomic E-state index is 0.0657. The molecular formula is C16H17N3O4S2. The average molecular weight is 379 g/mol. The normalized spacial score (nSPS) is 11.7. The molecule has 0 aromatic carbocycles. The van der Waals surface area contributed by atoms with Gasteiger partial charge in [0.05, 0.1) is 12.8 Å². The second-order valence-electron chi connectivity index (χ2n) is 5.23. The Morgan fingerprint density at radius 2 is 2.08 bits per heavy atom. The Balaban J connectivity index is 1.69. The first-order valence-electron chi connectivity index (χ1n) is 7.70. The van der Waals surface area contributed by atoms with E-state index in [-0.39, 0.29) is 22.9 Å².